The molecule has 42 heavy (non-hydrogen) atoms. The van der Waals surface area contributed by atoms with Crippen molar-refractivity contribution in [3.8, 4) is 17.2 Å². The summed E-state index contributed by atoms with van der Waals surface area (Å²) in [5, 5.41) is 4.11. The molecule has 214 valence electrons. The number of aryl methyl sites for hydroxylation is 2. The monoisotopic (exact) mass is 753 g/mol. The molecule has 0 unspecified atom stereocenters. The molecule has 7 nitrogen and oxygen atoms in total. The highest BCUT2D eigenvalue weighted by Gasteiger charge is 2.12. The maximum Gasteiger partial charge on any atom is 0.307 e. The number of amides is 1. The van der Waals surface area contributed by atoms with Crippen LogP contribution in [-0.4, -0.2) is 16.7 Å². The van der Waals surface area contributed by atoms with Crippen molar-refractivity contribution in [1.82, 2.24) is 9.99 Å². The van der Waals surface area contributed by atoms with Crippen molar-refractivity contribution < 1.29 is 18.7 Å². The maximum atomic E-state index is 12.6. The number of nitrogens with one attached hydrogen (secondary N) is 1. The van der Waals surface area contributed by atoms with E-state index in [1.807, 2.05) is 60.7 Å². The molecule has 0 aliphatic rings. The Morgan fingerprint density at radius 3 is 2.31 bits per heavy atom. The molecule has 1 amide bonds. The fourth-order valence-corrected chi connectivity index (χ4v) is 5.80. The third kappa shape index (κ3) is 7.42. The zero-order valence-electron chi connectivity index (χ0n) is 22.7. The van der Waals surface area contributed by atoms with Gasteiger partial charge in [-0.05, 0) is 92.7 Å². The van der Waals surface area contributed by atoms with Gasteiger partial charge in [-0.3, -0.25) is 4.79 Å². The average Bonchev–Trinajstić information content (AvgIpc) is 3.58. The lowest BCUT2D eigenvalue weighted by Crippen LogP contribution is -2.17. The molecule has 0 saturated heterocycles. The molecule has 1 N–H and O–H groups in total. The Morgan fingerprint density at radius 1 is 0.857 bits per heavy atom. The lowest BCUT2D eigenvalue weighted by atomic mass is 10.2. The first-order chi connectivity index (χ1) is 20.3. The zero-order valence-corrected chi connectivity index (χ0v) is 27.5. The number of ether oxygens (including phenoxy) is 2. The second kappa shape index (κ2) is 13.6. The number of hydrogen-bond donors (Lipinski definition) is 1. The third-order valence-corrected chi connectivity index (χ3v) is 8.10. The summed E-state index contributed by atoms with van der Waals surface area (Å²) in [6, 6.07) is 26.8. The van der Waals surface area contributed by atoms with Gasteiger partial charge in [0.05, 0.1) is 6.21 Å². The van der Waals surface area contributed by atoms with Crippen LogP contribution in [0.1, 0.15) is 38.8 Å². The number of nitrogens with zero attached hydrogens (tertiary/aromatic N) is 2. The topological polar surface area (TPSA) is 78.0 Å². The van der Waals surface area contributed by atoms with Crippen molar-refractivity contribution in [1.29, 1.82) is 0 Å². The Hall–Kier alpha value is -3.60. The number of carbonyl (C=O) groups excluding carboxylic acids is 1. The van der Waals surface area contributed by atoms with Crippen LogP contribution in [0.3, 0.4) is 0 Å². The minimum Gasteiger partial charge on any atom is -0.488 e. The summed E-state index contributed by atoms with van der Waals surface area (Å²) in [5.74, 6) is 1.50. The third-order valence-electron chi connectivity index (χ3n) is 6.37. The zero-order chi connectivity index (χ0) is 29.6. The second-order valence-electron chi connectivity index (χ2n) is 9.41. The van der Waals surface area contributed by atoms with Gasteiger partial charge in [0, 0.05) is 41.6 Å². The predicted molar refractivity (Wildman–Crippen MR) is 174 cm³/mol. The van der Waals surface area contributed by atoms with Crippen molar-refractivity contribution in [2.45, 2.75) is 27.1 Å². The van der Waals surface area contributed by atoms with Gasteiger partial charge in [-0.1, -0.05) is 53.9 Å². The molecule has 2 heterocycles. The molecule has 0 atom stereocenters. The summed E-state index contributed by atoms with van der Waals surface area (Å²) in [6.07, 6.45) is 1.53. The van der Waals surface area contributed by atoms with Crippen LogP contribution in [0.25, 0.3) is 5.69 Å². The number of rotatable bonds is 10. The maximum absolute atomic E-state index is 12.6. The number of hydrazone groups is 1. The van der Waals surface area contributed by atoms with E-state index >= 15 is 0 Å². The molecule has 0 aliphatic heterocycles. The number of hydrogen-bond acceptors (Lipinski definition) is 5. The Morgan fingerprint density at radius 2 is 1.57 bits per heavy atom. The smallest absolute Gasteiger partial charge is 0.307 e. The molecule has 0 fully saturated rings. The van der Waals surface area contributed by atoms with Crippen molar-refractivity contribution in [3.63, 3.8) is 0 Å². The molecule has 3 aromatic carbocycles. The number of halogens is 3. The van der Waals surface area contributed by atoms with Gasteiger partial charge < -0.3 is 18.5 Å². The molecule has 0 saturated carbocycles. The SMILES string of the molecule is Cc1ccc(C)n1-c1ccc(OCc2ccc(C(=O)N/N=C/c3cc(Br)ccc3OCc3ccc(Br)cc3Br)o2)cc1. The summed E-state index contributed by atoms with van der Waals surface area (Å²) >= 11 is 10.5. The lowest BCUT2D eigenvalue weighted by molar-refractivity contribution is 0.0923. The summed E-state index contributed by atoms with van der Waals surface area (Å²) in [6.45, 7) is 4.69. The molecule has 2 aromatic heterocycles. The summed E-state index contributed by atoms with van der Waals surface area (Å²) in [4.78, 5) is 12.6. The van der Waals surface area contributed by atoms with Crippen LogP contribution in [0, 0.1) is 13.8 Å². The molecule has 10 heteroatoms. The van der Waals surface area contributed by atoms with Crippen molar-refractivity contribution in [2.24, 2.45) is 5.10 Å². The van der Waals surface area contributed by atoms with E-state index in [9.17, 15) is 4.79 Å². The van der Waals surface area contributed by atoms with E-state index in [4.69, 9.17) is 13.9 Å². The van der Waals surface area contributed by atoms with Crippen LogP contribution in [-0.2, 0) is 13.2 Å². The van der Waals surface area contributed by atoms with E-state index < -0.39 is 5.91 Å². The van der Waals surface area contributed by atoms with Crippen LogP contribution in [0.5, 0.6) is 11.5 Å². The highest BCUT2D eigenvalue weighted by Crippen LogP contribution is 2.26. The lowest BCUT2D eigenvalue weighted by Gasteiger charge is -2.11. The van der Waals surface area contributed by atoms with Gasteiger partial charge in [0.1, 0.15) is 30.5 Å². The minimum atomic E-state index is -0.476. The Kier molecular flexibility index (Phi) is 9.66. The standard InChI is InChI=1S/C32H26Br3N3O4/c1-20-3-4-21(2)38(20)26-8-10-27(11-9-26)40-19-28-12-14-31(42-28)32(39)37-36-17-23-15-24(33)7-13-30(23)41-18-22-5-6-25(34)16-29(22)35/h3-17H,18-19H2,1-2H3,(H,37,39)/b36-17+. The van der Waals surface area contributed by atoms with Crippen molar-refractivity contribution in [3.05, 3.63) is 132 Å². The normalized spacial score (nSPS) is 11.2. The highest BCUT2D eigenvalue weighted by molar-refractivity contribution is 9.11. The van der Waals surface area contributed by atoms with Crippen LogP contribution in [0.15, 0.2) is 108 Å². The number of benzene rings is 3. The summed E-state index contributed by atoms with van der Waals surface area (Å²) in [7, 11) is 0. The van der Waals surface area contributed by atoms with Crippen LogP contribution >= 0.6 is 47.8 Å². The van der Waals surface area contributed by atoms with Crippen molar-refractivity contribution in [2.75, 3.05) is 0 Å². The summed E-state index contributed by atoms with van der Waals surface area (Å²) in [5.41, 5.74) is 7.60. The fourth-order valence-electron chi connectivity index (χ4n) is 4.26. The molecular weight excluding hydrogens is 730 g/mol. The molecular formula is C32H26Br3N3O4. The van der Waals surface area contributed by atoms with Crippen LogP contribution < -0.4 is 14.9 Å². The van der Waals surface area contributed by atoms with Crippen LogP contribution in [0.2, 0.25) is 0 Å². The number of carbonyl (C=O) groups is 1. The first-order valence-electron chi connectivity index (χ1n) is 12.9. The van der Waals surface area contributed by atoms with Crippen molar-refractivity contribution >= 4 is 59.9 Å². The Balaban J connectivity index is 1.16. The molecule has 0 spiro atoms. The van der Waals surface area contributed by atoms with Gasteiger partial charge in [0.25, 0.3) is 0 Å². The first kappa shape index (κ1) is 29.9. The molecule has 5 aromatic rings. The molecule has 0 radical (unpaired) electrons. The van der Waals surface area contributed by atoms with Crippen LogP contribution in [0.4, 0.5) is 0 Å². The van der Waals surface area contributed by atoms with Gasteiger partial charge >= 0.3 is 5.91 Å². The van der Waals surface area contributed by atoms with Gasteiger partial charge in [0.15, 0.2) is 5.76 Å². The van der Waals surface area contributed by atoms with E-state index in [0.29, 0.717) is 29.4 Å². The van der Waals surface area contributed by atoms with E-state index in [0.717, 1.165) is 24.7 Å². The Labute approximate surface area is 268 Å². The fraction of sp³-hybridized carbons (Fsp3) is 0.125. The largest absolute Gasteiger partial charge is 0.488 e. The molecule has 5 rings (SSSR count). The van der Waals surface area contributed by atoms with Gasteiger partial charge in [-0.2, -0.15) is 5.10 Å². The second-order valence-corrected chi connectivity index (χ2v) is 12.1. The van der Waals surface area contributed by atoms with E-state index in [1.165, 1.54) is 17.6 Å². The number of aromatic nitrogens is 1. The van der Waals surface area contributed by atoms with E-state index in [-0.39, 0.29) is 12.4 Å². The van der Waals surface area contributed by atoms with E-state index in [2.05, 4.69) is 88.9 Å². The quantitative estimate of drug-likeness (QED) is 0.114. The summed E-state index contributed by atoms with van der Waals surface area (Å²) < 4.78 is 22.5. The number of furan rings is 1. The minimum absolute atomic E-state index is 0.130. The Bertz CT molecular complexity index is 1720. The van der Waals surface area contributed by atoms with E-state index in [1.54, 1.807) is 12.1 Å². The average molecular weight is 756 g/mol. The van der Waals surface area contributed by atoms with Gasteiger partial charge in [0.2, 0.25) is 0 Å². The van der Waals surface area contributed by atoms with Gasteiger partial charge in [-0.25, -0.2) is 5.43 Å². The van der Waals surface area contributed by atoms with Gasteiger partial charge in [-0.15, -0.1) is 0 Å². The first-order valence-corrected chi connectivity index (χ1v) is 15.3. The molecule has 0 bridgehead atoms. The highest BCUT2D eigenvalue weighted by atomic mass is 79.9. The predicted octanol–water partition coefficient (Wildman–Crippen LogP) is 8.90. The molecule has 0 aliphatic carbocycles.